The van der Waals surface area contributed by atoms with E-state index in [1.165, 1.54) is 30.0 Å². The number of thioether (sulfide) groups is 1. The van der Waals surface area contributed by atoms with Gasteiger partial charge in [0.15, 0.2) is 0 Å². The Balaban J connectivity index is 2.78. The first-order valence-electron chi connectivity index (χ1n) is 5.54. The van der Waals surface area contributed by atoms with E-state index in [9.17, 15) is 14.3 Å². The van der Waals surface area contributed by atoms with Crippen molar-refractivity contribution in [2.75, 3.05) is 0 Å². The van der Waals surface area contributed by atoms with Crippen molar-refractivity contribution in [1.82, 2.24) is 5.43 Å². The Morgan fingerprint density at radius 2 is 2.22 bits per heavy atom. The molecule has 0 radical (unpaired) electrons. The van der Waals surface area contributed by atoms with Crippen molar-refractivity contribution in [3.05, 3.63) is 35.1 Å². The first-order valence-corrected chi connectivity index (χ1v) is 6.59. The fraction of sp³-hybridized carbons (Fsp3) is 0.417. The molecule has 1 rings (SSSR count). The number of amides is 1. The number of nitrogens with one attached hydrogen (secondary N) is 1. The normalized spacial score (nSPS) is 14.1. The van der Waals surface area contributed by atoms with E-state index in [1.54, 1.807) is 6.92 Å². The molecule has 1 aromatic carbocycles. The molecule has 6 heteroatoms. The highest BCUT2D eigenvalue weighted by Crippen LogP contribution is 2.22. The van der Waals surface area contributed by atoms with Crippen LogP contribution >= 0.6 is 11.8 Å². The summed E-state index contributed by atoms with van der Waals surface area (Å²) in [6, 6.07) is 4.09. The molecule has 100 valence electrons. The number of nitrogens with two attached hydrogens (primary N) is 1. The van der Waals surface area contributed by atoms with E-state index in [4.69, 9.17) is 5.84 Å². The molecule has 2 unspecified atom stereocenters. The van der Waals surface area contributed by atoms with Crippen LogP contribution in [0.1, 0.15) is 29.8 Å². The first-order chi connectivity index (χ1) is 8.45. The second-order valence-corrected chi connectivity index (χ2v) is 5.40. The van der Waals surface area contributed by atoms with E-state index in [0.717, 1.165) is 0 Å². The third-order valence-corrected chi connectivity index (χ3v) is 4.02. The Bertz CT molecular complexity index is 427. The molecule has 1 aromatic rings. The average molecular weight is 272 g/mol. The van der Waals surface area contributed by atoms with Gasteiger partial charge in [0.1, 0.15) is 5.82 Å². The topological polar surface area (TPSA) is 75.3 Å². The lowest BCUT2D eigenvalue weighted by Gasteiger charge is -2.14. The molecule has 1 amide bonds. The highest BCUT2D eigenvalue weighted by atomic mass is 32.2. The molecule has 2 atom stereocenters. The van der Waals surface area contributed by atoms with E-state index in [1.807, 2.05) is 12.3 Å². The van der Waals surface area contributed by atoms with Crippen molar-refractivity contribution in [2.45, 2.75) is 31.0 Å². The highest BCUT2D eigenvalue weighted by molar-refractivity contribution is 7.99. The fourth-order valence-corrected chi connectivity index (χ4v) is 2.21. The molecule has 0 aromatic heterocycles. The minimum Gasteiger partial charge on any atom is -0.392 e. The van der Waals surface area contributed by atoms with Crippen LogP contribution < -0.4 is 11.3 Å². The number of carbonyl (C=O) groups excluding carboxylic acids is 1. The van der Waals surface area contributed by atoms with E-state index in [-0.39, 0.29) is 11.1 Å². The van der Waals surface area contributed by atoms with Crippen LogP contribution in [0.2, 0.25) is 0 Å². The summed E-state index contributed by atoms with van der Waals surface area (Å²) in [4.78, 5) is 11.3. The molecular weight excluding hydrogens is 255 g/mol. The van der Waals surface area contributed by atoms with E-state index < -0.39 is 12.0 Å². The lowest BCUT2D eigenvalue weighted by Crippen LogP contribution is -2.30. The second-order valence-electron chi connectivity index (χ2n) is 4.04. The summed E-state index contributed by atoms with van der Waals surface area (Å²) < 4.78 is 13.5. The third-order valence-electron chi connectivity index (χ3n) is 2.62. The van der Waals surface area contributed by atoms with Gasteiger partial charge in [-0.2, -0.15) is 11.8 Å². The van der Waals surface area contributed by atoms with Crippen LogP contribution in [0.5, 0.6) is 0 Å². The van der Waals surface area contributed by atoms with E-state index in [0.29, 0.717) is 16.9 Å². The first kappa shape index (κ1) is 14.9. The highest BCUT2D eigenvalue weighted by Gasteiger charge is 2.13. The molecule has 0 bridgehead atoms. The van der Waals surface area contributed by atoms with Crippen molar-refractivity contribution < 1.29 is 14.3 Å². The van der Waals surface area contributed by atoms with Crippen LogP contribution in [0.4, 0.5) is 4.39 Å². The SMILES string of the molecule is CC(O)C(C)SCc1cc(C(=O)NN)ccc1F. The minimum absolute atomic E-state index is 0.00334. The standard InChI is InChI=1S/C12H17FN2O2S/c1-7(16)8(2)18-6-10-5-9(12(17)15-14)3-4-11(10)13/h3-5,7-8,16H,6,14H2,1-2H3,(H,15,17). The van der Waals surface area contributed by atoms with Crippen LogP contribution in [0, 0.1) is 5.82 Å². The van der Waals surface area contributed by atoms with Crippen LogP contribution in [-0.4, -0.2) is 22.4 Å². The second kappa shape index (κ2) is 6.72. The molecule has 18 heavy (non-hydrogen) atoms. The van der Waals surface area contributed by atoms with Crippen LogP contribution in [0.3, 0.4) is 0 Å². The number of hydrogen-bond donors (Lipinski definition) is 3. The molecule has 0 heterocycles. The average Bonchev–Trinajstić information content (AvgIpc) is 2.36. The molecule has 0 aliphatic rings. The maximum atomic E-state index is 13.5. The number of halogens is 1. The predicted molar refractivity (Wildman–Crippen MR) is 70.5 cm³/mol. The molecule has 0 aliphatic carbocycles. The number of benzene rings is 1. The summed E-state index contributed by atoms with van der Waals surface area (Å²) in [5.41, 5.74) is 2.75. The van der Waals surface area contributed by atoms with Gasteiger partial charge >= 0.3 is 0 Å². The van der Waals surface area contributed by atoms with Crippen LogP contribution in [0.15, 0.2) is 18.2 Å². The van der Waals surface area contributed by atoms with Gasteiger partial charge < -0.3 is 5.11 Å². The van der Waals surface area contributed by atoms with Crippen molar-refractivity contribution >= 4 is 17.7 Å². The Labute approximate surface area is 110 Å². The molecule has 0 fully saturated rings. The van der Waals surface area contributed by atoms with E-state index >= 15 is 0 Å². The van der Waals surface area contributed by atoms with Gasteiger partial charge in [0.2, 0.25) is 0 Å². The predicted octanol–water partition coefficient (Wildman–Crippen LogP) is 1.43. The Kier molecular flexibility index (Phi) is 5.58. The van der Waals surface area contributed by atoms with Gasteiger partial charge in [0, 0.05) is 16.6 Å². The maximum absolute atomic E-state index is 13.5. The quantitative estimate of drug-likeness (QED) is 0.430. The zero-order valence-electron chi connectivity index (χ0n) is 10.3. The molecule has 0 saturated heterocycles. The Hall–Kier alpha value is -1.11. The summed E-state index contributed by atoms with van der Waals surface area (Å²) in [5, 5.41) is 9.35. The number of hydrogen-bond acceptors (Lipinski definition) is 4. The number of aliphatic hydroxyl groups excluding tert-OH is 1. The largest absolute Gasteiger partial charge is 0.392 e. The monoisotopic (exact) mass is 272 g/mol. The van der Waals surface area contributed by atoms with Gasteiger partial charge in [0.05, 0.1) is 6.10 Å². The van der Waals surface area contributed by atoms with Crippen molar-refractivity contribution in [3.63, 3.8) is 0 Å². The van der Waals surface area contributed by atoms with Gasteiger partial charge in [-0.25, -0.2) is 10.2 Å². The van der Waals surface area contributed by atoms with Gasteiger partial charge in [-0.05, 0) is 30.7 Å². The molecule has 4 N–H and O–H groups in total. The molecule has 4 nitrogen and oxygen atoms in total. The third kappa shape index (κ3) is 3.97. The number of hydrazine groups is 1. The molecule has 0 aliphatic heterocycles. The Morgan fingerprint density at radius 3 is 2.78 bits per heavy atom. The summed E-state index contributed by atoms with van der Waals surface area (Å²) in [7, 11) is 0. The van der Waals surface area contributed by atoms with Gasteiger partial charge in [-0.1, -0.05) is 6.92 Å². The van der Waals surface area contributed by atoms with Crippen LogP contribution in [0.25, 0.3) is 0 Å². The zero-order chi connectivity index (χ0) is 13.7. The Morgan fingerprint density at radius 1 is 1.56 bits per heavy atom. The molecule has 0 saturated carbocycles. The number of rotatable bonds is 5. The van der Waals surface area contributed by atoms with Crippen molar-refractivity contribution in [3.8, 4) is 0 Å². The maximum Gasteiger partial charge on any atom is 0.265 e. The van der Waals surface area contributed by atoms with Crippen molar-refractivity contribution in [2.24, 2.45) is 5.84 Å². The number of carbonyl (C=O) groups is 1. The lowest BCUT2D eigenvalue weighted by molar-refractivity contribution is 0.0953. The van der Waals surface area contributed by atoms with Gasteiger partial charge in [0.25, 0.3) is 5.91 Å². The van der Waals surface area contributed by atoms with Gasteiger partial charge in [-0.15, -0.1) is 0 Å². The smallest absolute Gasteiger partial charge is 0.265 e. The summed E-state index contributed by atoms with van der Waals surface area (Å²) in [6.07, 6.45) is -0.464. The molecular formula is C12H17FN2O2S. The summed E-state index contributed by atoms with van der Waals surface area (Å²) in [5.74, 6) is 4.59. The minimum atomic E-state index is -0.464. The lowest BCUT2D eigenvalue weighted by atomic mass is 10.1. The fourth-order valence-electron chi connectivity index (χ4n) is 1.27. The zero-order valence-corrected chi connectivity index (χ0v) is 11.1. The number of nitrogen functional groups attached to an aromatic ring is 1. The molecule has 0 spiro atoms. The summed E-state index contributed by atoms with van der Waals surface area (Å²) in [6.45, 7) is 3.55. The van der Waals surface area contributed by atoms with E-state index in [2.05, 4.69) is 0 Å². The number of aliphatic hydroxyl groups is 1. The summed E-state index contributed by atoms with van der Waals surface area (Å²) >= 11 is 1.43. The van der Waals surface area contributed by atoms with Crippen molar-refractivity contribution in [1.29, 1.82) is 0 Å². The van der Waals surface area contributed by atoms with Crippen LogP contribution in [-0.2, 0) is 5.75 Å². The van der Waals surface area contributed by atoms with Gasteiger partial charge in [-0.3, -0.25) is 10.2 Å².